The zero-order valence-corrected chi connectivity index (χ0v) is 15.6. The van der Waals surface area contributed by atoms with Crippen molar-refractivity contribution in [1.82, 2.24) is 4.98 Å². The third-order valence-electron chi connectivity index (χ3n) is 5.32. The van der Waals surface area contributed by atoms with Gasteiger partial charge < -0.3 is 4.42 Å². The molecule has 0 radical (unpaired) electrons. The number of hydrogen-bond donors (Lipinski definition) is 0. The molecule has 3 heteroatoms. The molecule has 3 heterocycles. The zero-order valence-electron chi connectivity index (χ0n) is 18.6. The molecule has 0 aliphatic rings. The van der Waals surface area contributed by atoms with E-state index in [0.29, 0.717) is 17.2 Å². The molecule has 1 unspecified atom stereocenters. The number of pyridine rings is 2. The minimum absolute atomic E-state index is 0.0478. The van der Waals surface area contributed by atoms with Crippen molar-refractivity contribution < 1.29 is 13.1 Å². The van der Waals surface area contributed by atoms with Crippen molar-refractivity contribution in [2.75, 3.05) is 0 Å². The standard InChI is InChI=1S/C23H25N2O/c1-6-14(2)17-11-12-25(5)19(13-17)21-15(3)7-10-20-22(21)18-9-8-16(4)24-23(18)26-20/h7-14H,6H2,1-5H3/q+1/i4D3. The van der Waals surface area contributed by atoms with Gasteiger partial charge in [0.1, 0.15) is 12.6 Å². The molecular weight excluding hydrogens is 320 g/mol. The average Bonchev–Trinajstić information content (AvgIpc) is 3.05. The lowest BCUT2D eigenvalue weighted by Crippen LogP contribution is -2.31. The Hall–Kier alpha value is -2.68. The summed E-state index contributed by atoms with van der Waals surface area (Å²) in [5.74, 6) is 0.471. The third kappa shape index (κ3) is 2.59. The molecule has 3 aromatic heterocycles. The molecule has 0 amide bonds. The second kappa shape index (κ2) is 6.24. The molecule has 132 valence electrons. The molecule has 0 saturated carbocycles. The van der Waals surface area contributed by atoms with E-state index in [0.717, 1.165) is 34.0 Å². The van der Waals surface area contributed by atoms with Gasteiger partial charge in [0, 0.05) is 32.7 Å². The molecule has 3 nitrogen and oxygen atoms in total. The van der Waals surface area contributed by atoms with E-state index in [4.69, 9.17) is 8.53 Å². The van der Waals surface area contributed by atoms with Crippen LogP contribution in [0, 0.1) is 13.8 Å². The van der Waals surface area contributed by atoms with Crippen LogP contribution in [0.2, 0.25) is 0 Å². The van der Waals surface area contributed by atoms with Gasteiger partial charge in [-0.3, -0.25) is 0 Å². The molecule has 0 fully saturated rings. The first kappa shape index (κ1) is 13.5. The maximum atomic E-state index is 7.63. The van der Waals surface area contributed by atoms with Gasteiger partial charge in [0.15, 0.2) is 6.20 Å². The van der Waals surface area contributed by atoms with E-state index in [9.17, 15) is 0 Å². The molecule has 4 rings (SSSR count). The van der Waals surface area contributed by atoms with Crippen molar-refractivity contribution in [2.24, 2.45) is 7.05 Å². The Bertz CT molecular complexity index is 1220. The van der Waals surface area contributed by atoms with E-state index >= 15 is 0 Å². The van der Waals surface area contributed by atoms with Crippen molar-refractivity contribution in [3.05, 3.63) is 59.4 Å². The van der Waals surface area contributed by atoms with Crippen LogP contribution in [0.15, 0.2) is 47.0 Å². The Morgan fingerprint density at radius 3 is 2.85 bits per heavy atom. The summed E-state index contributed by atoms with van der Waals surface area (Å²) < 4.78 is 31.0. The van der Waals surface area contributed by atoms with E-state index in [1.807, 2.05) is 25.2 Å². The smallest absolute Gasteiger partial charge is 0.227 e. The highest BCUT2D eigenvalue weighted by molar-refractivity contribution is 6.11. The fourth-order valence-electron chi connectivity index (χ4n) is 3.56. The minimum atomic E-state index is -2.26. The molecular formula is C23H25N2O+. The number of nitrogens with zero attached hydrogens (tertiary/aromatic N) is 2. The van der Waals surface area contributed by atoms with Gasteiger partial charge in [-0.15, -0.1) is 0 Å². The van der Waals surface area contributed by atoms with Gasteiger partial charge in [-0.1, -0.05) is 19.9 Å². The van der Waals surface area contributed by atoms with Crippen LogP contribution < -0.4 is 4.57 Å². The maximum absolute atomic E-state index is 7.63. The highest BCUT2D eigenvalue weighted by atomic mass is 16.3. The van der Waals surface area contributed by atoms with Crippen LogP contribution in [-0.2, 0) is 7.05 Å². The Balaban J connectivity index is 2.04. The summed E-state index contributed by atoms with van der Waals surface area (Å²) in [6, 6.07) is 11.8. The van der Waals surface area contributed by atoms with Crippen LogP contribution in [0.25, 0.3) is 33.3 Å². The molecule has 1 aromatic carbocycles. The summed E-state index contributed by atoms with van der Waals surface area (Å²) in [6.07, 6.45) is 3.18. The Labute approximate surface area is 158 Å². The summed E-state index contributed by atoms with van der Waals surface area (Å²) in [4.78, 5) is 4.29. The summed E-state index contributed by atoms with van der Waals surface area (Å²) in [5.41, 5.74) is 5.76. The second-order valence-electron chi connectivity index (χ2n) is 7.05. The third-order valence-corrected chi connectivity index (χ3v) is 5.32. The predicted molar refractivity (Wildman–Crippen MR) is 106 cm³/mol. The second-order valence-corrected chi connectivity index (χ2v) is 7.05. The van der Waals surface area contributed by atoms with Gasteiger partial charge in [0.05, 0.1) is 5.56 Å². The fraction of sp³-hybridized carbons (Fsp3) is 0.304. The molecule has 0 bridgehead atoms. The van der Waals surface area contributed by atoms with E-state index in [1.54, 1.807) is 6.07 Å². The molecule has 0 saturated heterocycles. The minimum Gasteiger partial charge on any atom is -0.438 e. The van der Waals surface area contributed by atoms with Crippen LogP contribution in [0.3, 0.4) is 0 Å². The first-order valence-electron chi connectivity index (χ1n) is 10.5. The largest absolute Gasteiger partial charge is 0.438 e. The van der Waals surface area contributed by atoms with Gasteiger partial charge in [-0.05, 0) is 55.4 Å². The predicted octanol–water partition coefficient (Wildman–Crippen LogP) is 5.60. The van der Waals surface area contributed by atoms with Gasteiger partial charge in [0.2, 0.25) is 11.4 Å². The van der Waals surface area contributed by atoms with Crippen molar-refractivity contribution in [3.8, 4) is 11.3 Å². The van der Waals surface area contributed by atoms with Crippen molar-refractivity contribution in [3.63, 3.8) is 0 Å². The normalized spacial score (nSPS) is 15.0. The number of aromatic nitrogens is 2. The van der Waals surface area contributed by atoms with E-state index in [-0.39, 0.29) is 5.69 Å². The quantitative estimate of drug-likeness (QED) is 0.451. The first-order chi connectivity index (χ1) is 13.7. The van der Waals surface area contributed by atoms with Gasteiger partial charge >= 0.3 is 0 Å². The lowest BCUT2D eigenvalue weighted by molar-refractivity contribution is -0.660. The maximum Gasteiger partial charge on any atom is 0.227 e. The lowest BCUT2D eigenvalue weighted by atomic mass is 9.94. The summed E-state index contributed by atoms with van der Waals surface area (Å²) >= 11 is 0. The highest BCUT2D eigenvalue weighted by Crippen LogP contribution is 2.37. The Morgan fingerprint density at radius 1 is 1.23 bits per heavy atom. The van der Waals surface area contributed by atoms with Crippen LogP contribution in [0.5, 0.6) is 0 Å². The van der Waals surface area contributed by atoms with Crippen LogP contribution >= 0.6 is 0 Å². The number of fused-ring (bicyclic) bond motifs is 3. The molecule has 0 spiro atoms. The Morgan fingerprint density at radius 2 is 2.08 bits per heavy atom. The fourth-order valence-corrected chi connectivity index (χ4v) is 3.56. The summed E-state index contributed by atoms with van der Waals surface area (Å²) in [7, 11) is 2.04. The topological polar surface area (TPSA) is 29.9 Å². The monoisotopic (exact) mass is 348 g/mol. The van der Waals surface area contributed by atoms with E-state index in [1.165, 1.54) is 5.56 Å². The molecule has 26 heavy (non-hydrogen) atoms. The van der Waals surface area contributed by atoms with Crippen molar-refractivity contribution >= 4 is 22.1 Å². The van der Waals surface area contributed by atoms with E-state index < -0.39 is 6.85 Å². The van der Waals surface area contributed by atoms with Crippen LogP contribution in [0.4, 0.5) is 0 Å². The molecule has 0 aliphatic heterocycles. The van der Waals surface area contributed by atoms with Crippen molar-refractivity contribution in [1.29, 1.82) is 0 Å². The number of benzene rings is 1. The molecule has 4 aromatic rings. The number of rotatable bonds is 3. The SMILES string of the molecule is [2H]C([2H])([2H])c1ccc2c(n1)oc1ccc(C)c(-c3cc(C(C)CC)cc[n+]3C)c12. The molecule has 0 aliphatic carbocycles. The lowest BCUT2D eigenvalue weighted by Gasteiger charge is -2.11. The molecule has 1 atom stereocenters. The molecule has 0 N–H and O–H groups in total. The zero-order chi connectivity index (χ0) is 20.9. The average molecular weight is 348 g/mol. The van der Waals surface area contributed by atoms with Crippen LogP contribution in [-0.4, -0.2) is 4.98 Å². The van der Waals surface area contributed by atoms with Gasteiger partial charge in [0.25, 0.3) is 0 Å². The number of aryl methyl sites for hydroxylation is 3. The summed E-state index contributed by atoms with van der Waals surface area (Å²) in [6.45, 7) is 4.26. The first-order valence-corrected chi connectivity index (χ1v) is 9.04. The summed E-state index contributed by atoms with van der Waals surface area (Å²) in [5, 5.41) is 1.81. The number of furan rings is 1. The number of hydrogen-bond acceptors (Lipinski definition) is 2. The van der Waals surface area contributed by atoms with Crippen molar-refractivity contribution in [2.45, 2.75) is 40.0 Å². The van der Waals surface area contributed by atoms with Gasteiger partial charge in [-0.25, -0.2) is 9.55 Å². The highest BCUT2D eigenvalue weighted by Gasteiger charge is 2.22. The Kier molecular flexibility index (Phi) is 3.24. The van der Waals surface area contributed by atoms with Gasteiger partial charge in [-0.2, -0.15) is 0 Å². The van der Waals surface area contributed by atoms with E-state index in [2.05, 4.69) is 48.7 Å². The van der Waals surface area contributed by atoms with Crippen LogP contribution in [0.1, 0.15) is 47.1 Å².